The van der Waals surface area contributed by atoms with E-state index in [9.17, 15) is 14.9 Å². The molecule has 1 amide bonds. The fourth-order valence-corrected chi connectivity index (χ4v) is 3.66. The van der Waals surface area contributed by atoms with Crippen molar-refractivity contribution < 1.29 is 9.72 Å². The molecule has 31 heavy (non-hydrogen) atoms. The van der Waals surface area contributed by atoms with Crippen molar-refractivity contribution in [2.75, 3.05) is 19.4 Å². The molecule has 0 atom stereocenters. The Bertz CT molecular complexity index is 1140. The van der Waals surface area contributed by atoms with Crippen LogP contribution in [0.5, 0.6) is 0 Å². The number of carbonyl (C=O) groups excluding carboxylic acids is 1. The lowest BCUT2D eigenvalue weighted by Crippen LogP contribution is -2.26. The van der Waals surface area contributed by atoms with Crippen LogP contribution in [0.2, 0.25) is 5.02 Å². The molecule has 1 N–H and O–H groups in total. The number of aryl methyl sites for hydroxylation is 1. The number of carbonyl (C=O) groups is 1. The first-order valence-corrected chi connectivity index (χ1v) is 10.1. The minimum Gasteiger partial charge on any atom is -0.383 e. The second-order valence-corrected chi connectivity index (χ2v) is 7.71. The van der Waals surface area contributed by atoms with Gasteiger partial charge in [-0.25, -0.2) is 0 Å². The molecule has 8 nitrogen and oxygen atoms in total. The molecule has 0 fully saturated rings. The molecule has 0 radical (unpaired) electrons. The van der Waals surface area contributed by atoms with Gasteiger partial charge in [-0.2, -0.15) is 5.10 Å². The van der Waals surface area contributed by atoms with Crippen molar-refractivity contribution in [1.82, 2.24) is 14.7 Å². The number of amides is 1. The molecule has 9 heteroatoms. The normalized spacial score (nSPS) is 10.7. The SMILES string of the molecule is CNc1ccc(C(=O)N(C)Cc2c(C)nn(Cc3ccccc3Cl)c2C)cc1[N+](=O)[O-]. The average molecular weight is 442 g/mol. The number of nitrogens with one attached hydrogen (secondary N) is 1. The average Bonchev–Trinajstić information content (AvgIpc) is 3.01. The van der Waals surface area contributed by atoms with E-state index in [1.807, 2.05) is 42.8 Å². The summed E-state index contributed by atoms with van der Waals surface area (Å²) >= 11 is 6.28. The summed E-state index contributed by atoms with van der Waals surface area (Å²) in [5.74, 6) is -0.302. The molecule has 0 saturated carbocycles. The minimum atomic E-state index is -0.504. The second kappa shape index (κ2) is 9.18. The highest BCUT2D eigenvalue weighted by Crippen LogP contribution is 2.26. The molecule has 2 aromatic carbocycles. The van der Waals surface area contributed by atoms with Crippen molar-refractivity contribution in [3.05, 3.63) is 85.7 Å². The lowest BCUT2D eigenvalue weighted by Gasteiger charge is -2.18. The van der Waals surface area contributed by atoms with Crippen LogP contribution >= 0.6 is 11.6 Å². The highest BCUT2D eigenvalue weighted by Gasteiger charge is 2.21. The van der Waals surface area contributed by atoms with E-state index >= 15 is 0 Å². The number of benzene rings is 2. The summed E-state index contributed by atoms with van der Waals surface area (Å²) in [5, 5.41) is 19.4. The summed E-state index contributed by atoms with van der Waals surface area (Å²) < 4.78 is 1.87. The Morgan fingerprint density at radius 3 is 2.61 bits per heavy atom. The molecule has 0 saturated heterocycles. The van der Waals surface area contributed by atoms with Crippen LogP contribution in [0.4, 0.5) is 11.4 Å². The first-order chi connectivity index (χ1) is 14.7. The molecule has 3 rings (SSSR count). The molecular weight excluding hydrogens is 418 g/mol. The molecule has 162 valence electrons. The van der Waals surface area contributed by atoms with Crippen molar-refractivity contribution in [3.8, 4) is 0 Å². The second-order valence-electron chi connectivity index (χ2n) is 7.30. The van der Waals surface area contributed by atoms with Crippen molar-refractivity contribution in [3.63, 3.8) is 0 Å². The van der Waals surface area contributed by atoms with Gasteiger partial charge in [0.2, 0.25) is 0 Å². The van der Waals surface area contributed by atoms with Crippen molar-refractivity contribution in [2.45, 2.75) is 26.9 Å². The number of hydrogen-bond donors (Lipinski definition) is 1. The molecule has 0 unspecified atom stereocenters. The van der Waals surface area contributed by atoms with E-state index in [-0.39, 0.29) is 17.2 Å². The minimum absolute atomic E-state index is 0.137. The lowest BCUT2D eigenvalue weighted by molar-refractivity contribution is -0.384. The summed E-state index contributed by atoms with van der Waals surface area (Å²) in [4.78, 5) is 25.3. The number of nitro benzene ring substituents is 1. The molecule has 1 heterocycles. The monoisotopic (exact) mass is 441 g/mol. The first kappa shape index (κ1) is 22.3. The molecule has 0 aliphatic carbocycles. The van der Waals surface area contributed by atoms with Gasteiger partial charge in [0.1, 0.15) is 5.69 Å². The van der Waals surface area contributed by atoms with Crippen LogP contribution in [0.15, 0.2) is 42.5 Å². The van der Waals surface area contributed by atoms with E-state index in [1.54, 1.807) is 20.2 Å². The van der Waals surface area contributed by atoms with E-state index in [4.69, 9.17) is 11.6 Å². The summed E-state index contributed by atoms with van der Waals surface area (Å²) in [6.07, 6.45) is 0. The Balaban J connectivity index is 1.82. The van der Waals surface area contributed by atoms with Crippen molar-refractivity contribution in [2.24, 2.45) is 0 Å². The van der Waals surface area contributed by atoms with Gasteiger partial charge in [0.15, 0.2) is 0 Å². The zero-order valence-electron chi connectivity index (χ0n) is 17.8. The van der Waals surface area contributed by atoms with E-state index < -0.39 is 4.92 Å². The van der Waals surface area contributed by atoms with Gasteiger partial charge >= 0.3 is 0 Å². The maximum atomic E-state index is 12.9. The highest BCUT2D eigenvalue weighted by atomic mass is 35.5. The standard InChI is InChI=1S/C22H24ClN5O3/c1-14-18(15(2)27(25-14)12-17-7-5-6-8-19(17)23)13-26(4)22(29)16-9-10-20(24-3)21(11-16)28(30)31/h5-11,24H,12-13H2,1-4H3. The van der Waals surface area contributed by atoms with E-state index in [0.29, 0.717) is 23.8 Å². The molecule has 1 aromatic heterocycles. The number of rotatable bonds is 7. The fraction of sp³-hybridized carbons (Fsp3) is 0.273. The van der Waals surface area contributed by atoms with Gasteiger partial charge in [0.25, 0.3) is 11.6 Å². The Labute approximate surface area is 185 Å². The third kappa shape index (κ3) is 4.69. The first-order valence-electron chi connectivity index (χ1n) is 9.70. The largest absolute Gasteiger partial charge is 0.383 e. The maximum Gasteiger partial charge on any atom is 0.293 e. The third-order valence-corrected chi connectivity index (χ3v) is 5.63. The topological polar surface area (TPSA) is 93.3 Å². The highest BCUT2D eigenvalue weighted by molar-refractivity contribution is 6.31. The maximum absolute atomic E-state index is 12.9. The number of halogens is 1. The predicted octanol–water partition coefficient (Wildman–Crippen LogP) is 4.42. The van der Waals surface area contributed by atoms with Gasteiger partial charge in [-0.05, 0) is 37.6 Å². The molecule has 0 spiro atoms. The van der Waals surface area contributed by atoms with Crippen LogP contribution in [0.1, 0.15) is 32.9 Å². The quantitative estimate of drug-likeness (QED) is 0.432. The zero-order valence-corrected chi connectivity index (χ0v) is 18.6. The van der Waals surface area contributed by atoms with Crippen LogP contribution in [0, 0.1) is 24.0 Å². The number of hydrogen-bond acceptors (Lipinski definition) is 5. The molecular formula is C22H24ClN5O3. The predicted molar refractivity (Wildman–Crippen MR) is 121 cm³/mol. The summed E-state index contributed by atoms with van der Waals surface area (Å²) in [6.45, 7) is 4.72. The van der Waals surface area contributed by atoms with Crippen LogP contribution in [-0.2, 0) is 13.1 Å². The smallest absolute Gasteiger partial charge is 0.293 e. The van der Waals surface area contributed by atoms with Crippen molar-refractivity contribution in [1.29, 1.82) is 0 Å². The summed E-state index contributed by atoms with van der Waals surface area (Å²) in [5.41, 5.74) is 4.13. The van der Waals surface area contributed by atoms with Crippen LogP contribution in [-0.4, -0.2) is 39.6 Å². The van der Waals surface area contributed by atoms with Crippen LogP contribution < -0.4 is 5.32 Å². The third-order valence-electron chi connectivity index (χ3n) is 5.26. The summed E-state index contributed by atoms with van der Waals surface area (Å²) in [7, 11) is 3.27. The van der Waals surface area contributed by atoms with Crippen LogP contribution in [0.25, 0.3) is 0 Å². The van der Waals surface area contributed by atoms with Gasteiger partial charge in [-0.3, -0.25) is 19.6 Å². The Morgan fingerprint density at radius 2 is 1.97 bits per heavy atom. The molecule has 3 aromatic rings. The number of anilines is 1. The summed E-state index contributed by atoms with van der Waals surface area (Å²) in [6, 6.07) is 12.0. The Kier molecular flexibility index (Phi) is 6.60. The Hall–Kier alpha value is -3.39. The van der Waals surface area contributed by atoms with Crippen LogP contribution in [0.3, 0.4) is 0 Å². The fourth-order valence-electron chi connectivity index (χ4n) is 3.46. The van der Waals surface area contributed by atoms with Gasteiger partial charge in [-0.1, -0.05) is 29.8 Å². The van der Waals surface area contributed by atoms with Gasteiger partial charge in [0, 0.05) is 48.5 Å². The zero-order chi connectivity index (χ0) is 22.7. The lowest BCUT2D eigenvalue weighted by atomic mass is 10.1. The van der Waals surface area contributed by atoms with E-state index in [2.05, 4.69) is 10.4 Å². The number of nitro groups is 1. The number of nitrogens with zero attached hydrogens (tertiary/aromatic N) is 4. The van der Waals surface area contributed by atoms with Gasteiger partial charge < -0.3 is 10.2 Å². The number of aromatic nitrogens is 2. The molecule has 0 aliphatic rings. The molecule has 0 aliphatic heterocycles. The van der Waals surface area contributed by atoms with E-state index in [1.165, 1.54) is 17.0 Å². The van der Waals surface area contributed by atoms with Crippen molar-refractivity contribution >= 4 is 28.9 Å². The Morgan fingerprint density at radius 1 is 1.26 bits per heavy atom. The van der Waals surface area contributed by atoms with Gasteiger partial charge in [0.05, 0.1) is 17.2 Å². The van der Waals surface area contributed by atoms with E-state index in [0.717, 1.165) is 22.5 Å². The molecule has 0 bridgehead atoms. The van der Waals surface area contributed by atoms with Gasteiger partial charge in [-0.15, -0.1) is 0 Å².